The molecule has 7 heteroatoms. The third-order valence-corrected chi connectivity index (χ3v) is 4.99. The number of nitrogens with one attached hydrogen (secondary N) is 1. The molecule has 3 rings (SSSR count). The average molecular weight is 376 g/mol. The van der Waals surface area contributed by atoms with Crippen molar-refractivity contribution < 1.29 is 9.59 Å². The summed E-state index contributed by atoms with van der Waals surface area (Å²) < 4.78 is 0. The lowest BCUT2D eigenvalue weighted by Crippen LogP contribution is -2.43. The number of imide groups is 1. The molecule has 2 aromatic rings. The summed E-state index contributed by atoms with van der Waals surface area (Å²) in [5.41, 5.74) is 0.117. The van der Waals surface area contributed by atoms with Crippen molar-refractivity contribution in [2.45, 2.75) is 18.9 Å². The van der Waals surface area contributed by atoms with Gasteiger partial charge in [-0.2, -0.15) is 5.10 Å². The van der Waals surface area contributed by atoms with E-state index in [0.29, 0.717) is 27.6 Å². The maximum absolute atomic E-state index is 12.9. The number of rotatable bonds is 4. The second-order valence-electron chi connectivity index (χ2n) is 5.56. The molecule has 0 unspecified atom stereocenters. The summed E-state index contributed by atoms with van der Waals surface area (Å²) in [6.45, 7) is 1.84. The van der Waals surface area contributed by atoms with Crippen LogP contribution in [0, 0.1) is 0 Å². The van der Waals surface area contributed by atoms with Gasteiger partial charge in [0.15, 0.2) is 0 Å². The number of hydrogen-bond donors (Lipinski definition) is 1. The Hall–Kier alpha value is -2.37. The molecule has 1 N–H and O–H groups in total. The maximum atomic E-state index is 12.9. The summed E-state index contributed by atoms with van der Waals surface area (Å²) in [5.74, 6) is -0.430. The minimum Gasteiger partial charge on any atom is -0.318 e. The van der Waals surface area contributed by atoms with Gasteiger partial charge in [0, 0.05) is 5.56 Å². The van der Waals surface area contributed by atoms with Gasteiger partial charge in [0.2, 0.25) is 0 Å². The molecule has 1 atom stereocenters. The molecule has 2 aromatic carbocycles. The molecular weight excluding hydrogens is 361 g/mol. The summed E-state index contributed by atoms with van der Waals surface area (Å²) in [7, 11) is 0. The first-order valence-corrected chi connectivity index (χ1v) is 8.45. The van der Waals surface area contributed by atoms with Crippen molar-refractivity contribution in [3.8, 4) is 0 Å². The minimum atomic E-state index is -1.12. The Morgan fingerprint density at radius 3 is 2.52 bits per heavy atom. The Balaban J connectivity index is 1.94. The third-order valence-electron chi connectivity index (χ3n) is 4.16. The van der Waals surface area contributed by atoms with E-state index < -0.39 is 17.5 Å². The average Bonchev–Trinajstić information content (AvgIpc) is 2.88. The van der Waals surface area contributed by atoms with Crippen LogP contribution in [0.1, 0.15) is 24.5 Å². The Kier molecular flexibility index (Phi) is 4.79. The highest BCUT2D eigenvalue weighted by Crippen LogP contribution is 2.32. The molecule has 0 spiro atoms. The first-order valence-electron chi connectivity index (χ1n) is 7.70. The summed E-state index contributed by atoms with van der Waals surface area (Å²) in [5, 5.41) is 8.30. The van der Waals surface area contributed by atoms with Gasteiger partial charge in [-0.1, -0.05) is 72.6 Å². The molecule has 0 aliphatic carbocycles. The molecule has 1 aliphatic heterocycles. The number of carbonyl (C=O) groups is 2. The van der Waals surface area contributed by atoms with E-state index in [1.807, 2.05) is 37.3 Å². The van der Waals surface area contributed by atoms with Gasteiger partial charge in [0.05, 0.1) is 16.3 Å². The van der Waals surface area contributed by atoms with E-state index in [4.69, 9.17) is 23.2 Å². The lowest BCUT2D eigenvalue weighted by molar-refractivity contribution is -0.131. The zero-order valence-corrected chi connectivity index (χ0v) is 14.9. The van der Waals surface area contributed by atoms with Gasteiger partial charge in [0.25, 0.3) is 5.91 Å². The first-order chi connectivity index (χ1) is 12.0. The van der Waals surface area contributed by atoms with E-state index in [2.05, 4.69) is 10.4 Å². The van der Waals surface area contributed by atoms with E-state index in [-0.39, 0.29) is 0 Å². The molecule has 0 radical (unpaired) electrons. The maximum Gasteiger partial charge on any atom is 0.346 e. The van der Waals surface area contributed by atoms with Crippen LogP contribution < -0.4 is 5.32 Å². The quantitative estimate of drug-likeness (QED) is 0.643. The molecule has 1 aliphatic rings. The third kappa shape index (κ3) is 3.01. The highest BCUT2D eigenvalue weighted by molar-refractivity contribution is 6.43. The largest absolute Gasteiger partial charge is 0.346 e. The molecule has 128 valence electrons. The normalized spacial score (nSPS) is 20.4. The Labute approximate surface area is 155 Å². The smallest absolute Gasteiger partial charge is 0.318 e. The van der Waals surface area contributed by atoms with Gasteiger partial charge in [0.1, 0.15) is 5.54 Å². The van der Waals surface area contributed by atoms with Crippen LogP contribution in [0.2, 0.25) is 10.0 Å². The fraction of sp³-hybridized carbons (Fsp3) is 0.167. The SMILES string of the molecule is CC[C@]1(c2ccccc2)NC(=O)N(/N=C\c2cccc(Cl)c2Cl)C1=O. The van der Waals surface area contributed by atoms with Gasteiger partial charge in [-0.3, -0.25) is 4.79 Å². The van der Waals surface area contributed by atoms with E-state index in [1.165, 1.54) is 6.21 Å². The Morgan fingerprint density at radius 1 is 1.12 bits per heavy atom. The minimum absolute atomic E-state index is 0.310. The van der Waals surface area contributed by atoms with Crippen LogP contribution in [0.5, 0.6) is 0 Å². The standard InChI is InChI=1S/C18H15Cl2N3O2/c1-2-18(13-8-4-3-5-9-13)16(24)23(17(25)22-18)21-11-12-7-6-10-14(19)15(12)20/h3-11H,2H2,1H3,(H,22,25)/b21-11-/t18-/m1/s1. The number of carbonyl (C=O) groups excluding carboxylic acids is 2. The lowest BCUT2D eigenvalue weighted by atomic mass is 9.87. The van der Waals surface area contributed by atoms with Crippen LogP contribution in [0.15, 0.2) is 53.6 Å². The van der Waals surface area contributed by atoms with Crippen LogP contribution >= 0.6 is 23.2 Å². The fourth-order valence-corrected chi connectivity index (χ4v) is 3.13. The Morgan fingerprint density at radius 2 is 1.84 bits per heavy atom. The summed E-state index contributed by atoms with van der Waals surface area (Å²) in [4.78, 5) is 25.2. The van der Waals surface area contributed by atoms with Gasteiger partial charge >= 0.3 is 6.03 Å². The summed E-state index contributed by atoms with van der Waals surface area (Å²) in [6.07, 6.45) is 1.76. The van der Waals surface area contributed by atoms with Crippen molar-refractivity contribution in [3.63, 3.8) is 0 Å². The van der Waals surface area contributed by atoms with Crippen LogP contribution in [0.25, 0.3) is 0 Å². The number of halogens is 2. The zero-order chi connectivity index (χ0) is 18.0. The molecule has 3 amide bonds. The highest BCUT2D eigenvalue weighted by Gasteiger charge is 2.51. The number of hydrazone groups is 1. The van der Waals surface area contributed by atoms with Gasteiger partial charge < -0.3 is 5.32 Å². The number of amides is 3. The van der Waals surface area contributed by atoms with Crippen molar-refractivity contribution >= 4 is 41.4 Å². The molecule has 25 heavy (non-hydrogen) atoms. The molecule has 0 bridgehead atoms. The van der Waals surface area contributed by atoms with E-state index >= 15 is 0 Å². The van der Waals surface area contributed by atoms with Crippen LogP contribution in [-0.2, 0) is 10.3 Å². The van der Waals surface area contributed by atoms with Crippen molar-refractivity contribution in [1.29, 1.82) is 0 Å². The zero-order valence-electron chi connectivity index (χ0n) is 13.4. The van der Waals surface area contributed by atoms with Crippen LogP contribution in [0.4, 0.5) is 4.79 Å². The van der Waals surface area contributed by atoms with Crippen molar-refractivity contribution in [1.82, 2.24) is 10.3 Å². The number of hydrogen-bond acceptors (Lipinski definition) is 3. The predicted octanol–water partition coefficient (Wildman–Crippen LogP) is 4.18. The van der Waals surface area contributed by atoms with Crippen LogP contribution in [-0.4, -0.2) is 23.2 Å². The van der Waals surface area contributed by atoms with E-state index in [1.54, 1.807) is 18.2 Å². The van der Waals surface area contributed by atoms with Crippen molar-refractivity contribution in [2.75, 3.05) is 0 Å². The molecule has 0 aromatic heterocycles. The topological polar surface area (TPSA) is 61.8 Å². The van der Waals surface area contributed by atoms with Gasteiger partial charge in [-0.05, 0) is 18.1 Å². The highest BCUT2D eigenvalue weighted by atomic mass is 35.5. The summed E-state index contributed by atoms with van der Waals surface area (Å²) in [6, 6.07) is 13.6. The number of nitrogens with zero attached hydrogens (tertiary/aromatic N) is 2. The van der Waals surface area contributed by atoms with Gasteiger partial charge in [-0.25, -0.2) is 4.79 Å². The number of benzene rings is 2. The van der Waals surface area contributed by atoms with Gasteiger partial charge in [-0.15, -0.1) is 5.01 Å². The first kappa shape index (κ1) is 17.5. The number of urea groups is 1. The fourth-order valence-electron chi connectivity index (χ4n) is 2.77. The predicted molar refractivity (Wildman–Crippen MR) is 97.8 cm³/mol. The molecule has 1 heterocycles. The molecule has 0 saturated carbocycles. The molecule has 1 saturated heterocycles. The second kappa shape index (κ2) is 6.86. The molecular formula is C18H15Cl2N3O2. The lowest BCUT2D eigenvalue weighted by Gasteiger charge is -2.24. The molecule has 1 fully saturated rings. The van der Waals surface area contributed by atoms with Crippen molar-refractivity contribution in [2.24, 2.45) is 5.10 Å². The molecule has 5 nitrogen and oxygen atoms in total. The Bertz CT molecular complexity index is 855. The van der Waals surface area contributed by atoms with E-state index in [0.717, 1.165) is 5.01 Å². The summed E-state index contributed by atoms with van der Waals surface area (Å²) >= 11 is 12.1. The van der Waals surface area contributed by atoms with Crippen LogP contribution in [0.3, 0.4) is 0 Å². The monoisotopic (exact) mass is 375 g/mol. The van der Waals surface area contributed by atoms with E-state index in [9.17, 15) is 9.59 Å². The second-order valence-corrected chi connectivity index (χ2v) is 6.34. The van der Waals surface area contributed by atoms with Crippen molar-refractivity contribution in [3.05, 3.63) is 69.7 Å².